The molecule has 0 saturated heterocycles. The van der Waals surface area contributed by atoms with Gasteiger partial charge < -0.3 is 5.11 Å². The Balaban J connectivity index is 3.09. The molecule has 2 nitrogen and oxygen atoms in total. The van der Waals surface area contributed by atoms with Crippen molar-refractivity contribution in [2.45, 2.75) is 93.4 Å². The molecule has 1 aliphatic carbocycles. The Morgan fingerprint density at radius 2 is 1.36 bits per heavy atom. The molecule has 0 atom stereocenters. The summed E-state index contributed by atoms with van der Waals surface area (Å²) in [5.74, 6) is 0.510. The molecule has 1 rings (SSSR count). The Kier molecular flexibility index (Phi) is 5.92. The van der Waals surface area contributed by atoms with Crippen LogP contribution in [0.4, 0.5) is 0 Å². The highest BCUT2D eigenvalue weighted by atomic mass is 16.3. The Labute approximate surface area is 137 Å². The smallest absolute Gasteiger partial charge is 0.168 e. The second-order valence-electron chi connectivity index (χ2n) is 8.37. The van der Waals surface area contributed by atoms with Gasteiger partial charge in [-0.3, -0.25) is 4.79 Å². The molecule has 1 fully saturated rings. The summed E-state index contributed by atoms with van der Waals surface area (Å²) in [4.78, 5) is 13.0. The highest BCUT2D eigenvalue weighted by Gasteiger charge is 2.41. The summed E-state index contributed by atoms with van der Waals surface area (Å²) in [7, 11) is 0. The van der Waals surface area contributed by atoms with Crippen LogP contribution in [0.2, 0.25) is 0 Å². The van der Waals surface area contributed by atoms with E-state index in [1.54, 1.807) is 0 Å². The fourth-order valence-corrected chi connectivity index (χ4v) is 3.90. The van der Waals surface area contributed by atoms with E-state index in [2.05, 4.69) is 41.5 Å². The van der Waals surface area contributed by atoms with Crippen molar-refractivity contribution in [3.8, 4) is 0 Å². The normalized spacial score (nSPS) is 22.1. The minimum absolute atomic E-state index is 0.156. The van der Waals surface area contributed by atoms with Crippen molar-refractivity contribution < 1.29 is 9.90 Å². The minimum Gasteiger partial charge on any atom is -0.511 e. The zero-order valence-corrected chi connectivity index (χ0v) is 15.8. The minimum atomic E-state index is -0.303. The van der Waals surface area contributed by atoms with Gasteiger partial charge in [0, 0.05) is 16.4 Å². The van der Waals surface area contributed by atoms with Gasteiger partial charge in [0.1, 0.15) is 5.76 Å². The number of Topliss-reactive ketones (excluding diaryl/α,β-unsaturated/α-hetero) is 1. The second kappa shape index (κ2) is 6.76. The van der Waals surface area contributed by atoms with Gasteiger partial charge in [-0.1, -0.05) is 41.5 Å². The van der Waals surface area contributed by atoms with Crippen LogP contribution < -0.4 is 0 Å². The zero-order chi connectivity index (χ0) is 17.2. The lowest BCUT2D eigenvalue weighted by molar-refractivity contribution is -0.125. The van der Waals surface area contributed by atoms with E-state index >= 15 is 0 Å². The predicted octanol–water partition coefficient (Wildman–Crippen LogP) is 6.21. The summed E-state index contributed by atoms with van der Waals surface area (Å²) in [6, 6.07) is 0. The van der Waals surface area contributed by atoms with Gasteiger partial charge in [0.25, 0.3) is 0 Å². The summed E-state index contributed by atoms with van der Waals surface area (Å²) in [5.41, 5.74) is 0.434. The SMILES string of the molecule is CCC(CC)(CC)C(=O)/C(C)=C(\O)C1(C)CCC(C)(C)CC1. The largest absolute Gasteiger partial charge is 0.511 e. The van der Waals surface area contributed by atoms with E-state index in [4.69, 9.17) is 0 Å². The lowest BCUT2D eigenvalue weighted by atomic mass is 9.64. The maximum atomic E-state index is 13.0. The predicted molar refractivity (Wildman–Crippen MR) is 94.0 cm³/mol. The van der Waals surface area contributed by atoms with Gasteiger partial charge in [0.15, 0.2) is 5.78 Å². The fourth-order valence-electron chi connectivity index (χ4n) is 3.90. The van der Waals surface area contributed by atoms with E-state index in [9.17, 15) is 9.90 Å². The average molecular weight is 309 g/mol. The number of ketones is 1. The van der Waals surface area contributed by atoms with Crippen molar-refractivity contribution in [3.63, 3.8) is 0 Å². The van der Waals surface area contributed by atoms with Crippen molar-refractivity contribution in [2.75, 3.05) is 0 Å². The molecule has 0 spiro atoms. The van der Waals surface area contributed by atoms with Gasteiger partial charge in [-0.15, -0.1) is 0 Å². The molecular weight excluding hydrogens is 272 g/mol. The van der Waals surface area contributed by atoms with Crippen LogP contribution in [-0.2, 0) is 4.79 Å². The van der Waals surface area contributed by atoms with Crippen LogP contribution in [0.15, 0.2) is 11.3 Å². The van der Waals surface area contributed by atoms with E-state index in [-0.39, 0.29) is 16.6 Å². The molecule has 0 aromatic heterocycles. The molecule has 1 aliphatic rings. The standard InChI is InChI=1S/C20H36O2/c1-8-20(9-2,10-3)17(22)15(4)16(21)19(7)13-11-18(5,6)12-14-19/h21H,8-14H2,1-7H3/b16-15-. The third-order valence-corrected chi connectivity index (χ3v) is 6.49. The molecule has 128 valence electrons. The van der Waals surface area contributed by atoms with Gasteiger partial charge in [-0.2, -0.15) is 0 Å². The monoisotopic (exact) mass is 308 g/mol. The van der Waals surface area contributed by atoms with Crippen LogP contribution in [0.5, 0.6) is 0 Å². The molecule has 2 heteroatoms. The summed E-state index contributed by atoms with van der Waals surface area (Å²) in [5, 5.41) is 10.9. The fraction of sp³-hybridized carbons (Fsp3) is 0.850. The first-order chi connectivity index (χ1) is 10.1. The first-order valence-electron chi connectivity index (χ1n) is 9.02. The van der Waals surface area contributed by atoms with E-state index in [0.717, 1.165) is 44.9 Å². The Morgan fingerprint density at radius 1 is 0.955 bits per heavy atom. The van der Waals surface area contributed by atoms with Crippen molar-refractivity contribution >= 4 is 5.78 Å². The average Bonchev–Trinajstić information content (AvgIpc) is 2.51. The third-order valence-electron chi connectivity index (χ3n) is 6.49. The quantitative estimate of drug-likeness (QED) is 0.468. The summed E-state index contributed by atoms with van der Waals surface area (Å²) in [6.07, 6.45) is 6.67. The molecule has 0 aromatic carbocycles. The number of aliphatic hydroxyl groups is 1. The van der Waals surface area contributed by atoms with Crippen LogP contribution >= 0.6 is 0 Å². The lowest BCUT2D eigenvalue weighted by Crippen LogP contribution is -2.35. The first-order valence-corrected chi connectivity index (χ1v) is 9.02. The molecular formula is C20H36O2. The van der Waals surface area contributed by atoms with Crippen molar-refractivity contribution in [1.29, 1.82) is 0 Å². The number of carbonyl (C=O) groups is 1. The van der Waals surface area contributed by atoms with E-state index in [0.29, 0.717) is 16.7 Å². The molecule has 0 aliphatic heterocycles. The van der Waals surface area contributed by atoms with Crippen LogP contribution in [0.1, 0.15) is 93.4 Å². The lowest BCUT2D eigenvalue weighted by Gasteiger charge is -2.42. The van der Waals surface area contributed by atoms with E-state index in [1.165, 1.54) is 0 Å². The summed E-state index contributed by atoms with van der Waals surface area (Å²) >= 11 is 0. The number of carbonyl (C=O) groups excluding carboxylic acids is 1. The van der Waals surface area contributed by atoms with Crippen LogP contribution in [0.25, 0.3) is 0 Å². The number of allylic oxidation sites excluding steroid dienone is 2. The van der Waals surface area contributed by atoms with E-state index < -0.39 is 0 Å². The molecule has 22 heavy (non-hydrogen) atoms. The molecule has 1 N–H and O–H groups in total. The zero-order valence-electron chi connectivity index (χ0n) is 15.8. The first kappa shape index (κ1) is 19.3. The highest BCUT2D eigenvalue weighted by molar-refractivity contribution is 5.99. The van der Waals surface area contributed by atoms with Crippen LogP contribution in [-0.4, -0.2) is 10.9 Å². The number of hydrogen-bond donors (Lipinski definition) is 1. The Hall–Kier alpha value is -0.790. The summed E-state index contributed by atoms with van der Waals surface area (Å²) < 4.78 is 0. The van der Waals surface area contributed by atoms with Gasteiger partial charge in [-0.05, 0) is 57.3 Å². The molecule has 1 saturated carbocycles. The topological polar surface area (TPSA) is 37.3 Å². The Bertz CT molecular complexity index is 420. The van der Waals surface area contributed by atoms with E-state index in [1.807, 2.05) is 6.92 Å². The second-order valence-corrected chi connectivity index (χ2v) is 8.37. The maximum Gasteiger partial charge on any atom is 0.168 e. The van der Waals surface area contributed by atoms with Gasteiger partial charge in [0.05, 0.1) is 0 Å². The highest BCUT2D eigenvalue weighted by Crippen LogP contribution is 2.49. The molecule has 0 bridgehead atoms. The number of aliphatic hydroxyl groups excluding tert-OH is 1. The van der Waals surface area contributed by atoms with Crippen LogP contribution in [0, 0.1) is 16.2 Å². The molecule has 0 unspecified atom stereocenters. The molecule has 0 heterocycles. The number of rotatable bonds is 6. The van der Waals surface area contributed by atoms with Crippen molar-refractivity contribution in [2.24, 2.45) is 16.2 Å². The maximum absolute atomic E-state index is 13.0. The van der Waals surface area contributed by atoms with Crippen molar-refractivity contribution in [1.82, 2.24) is 0 Å². The third kappa shape index (κ3) is 3.58. The molecule has 0 aromatic rings. The van der Waals surface area contributed by atoms with Gasteiger partial charge >= 0.3 is 0 Å². The molecule has 0 amide bonds. The Morgan fingerprint density at radius 3 is 1.73 bits per heavy atom. The van der Waals surface area contributed by atoms with Gasteiger partial charge in [0.2, 0.25) is 0 Å². The van der Waals surface area contributed by atoms with Crippen LogP contribution in [0.3, 0.4) is 0 Å². The van der Waals surface area contributed by atoms with Gasteiger partial charge in [-0.25, -0.2) is 0 Å². The summed E-state index contributed by atoms with van der Waals surface area (Å²) in [6.45, 7) is 14.8. The molecule has 0 radical (unpaired) electrons. The van der Waals surface area contributed by atoms with Crippen molar-refractivity contribution in [3.05, 3.63) is 11.3 Å². The number of hydrogen-bond acceptors (Lipinski definition) is 2.